The maximum absolute atomic E-state index is 14.2. The molecule has 1 amide bonds. The minimum Gasteiger partial charge on any atom is -0.480 e. The molecule has 216 valence electrons. The third kappa shape index (κ3) is 7.29. The number of nitrogens with zero attached hydrogens (tertiary/aromatic N) is 2. The van der Waals surface area contributed by atoms with Crippen LogP contribution in [-0.4, -0.2) is 72.1 Å². The summed E-state index contributed by atoms with van der Waals surface area (Å²) in [6.07, 6.45) is 8.59. The van der Waals surface area contributed by atoms with Crippen LogP contribution < -0.4 is 5.32 Å². The topological polar surface area (TPSA) is 72.9 Å². The Hall–Kier alpha value is -2.77. The SMILES string of the molecule is O=C(NCCC1CCN(CC2CN(C(C(=O)O)C3CCCCC3)CC2c2cccc(F)c2)CC1)c1ccccc1. The van der Waals surface area contributed by atoms with E-state index in [-0.39, 0.29) is 29.5 Å². The van der Waals surface area contributed by atoms with Gasteiger partial charge in [0, 0.05) is 37.7 Å². The van der Waals surface area contributed by atoms with Crippen molar-refractivity contribution in [1.29, 1.82) is 0 Å². The maximum Gasteiger partial charge on any atom is 0.321 e. The Bertz CT molecular complexity index is 1110. The Kier molecular flexibility index (Phi) is 9.87. The van der Waals surface area contributed by atoms with Crippen molar-refractivity contribution in [2.75, 3.05) is 39.3 Å². The van der Waals surface area contributed by atoms with Crippen molar-refractivity contribution in [1.82, 2.24) is 15.1 Å². The van der Waals surface area contributed by atoms with Gasteiger partial charge in [0.1, 0.15) is 11.9 Å². The number of carboxylic acid groups (broad SMARTS) is 1. The van der Waals surface area contributed by atoms with Crippen LogP contribution in [0.5, 0.6) is 0 Å². The van der Waals surface area contributed by atoms with Crippen LogP contribution in [0.3, 0.4) is 0 Å². The van der Waals surface area contributed by atoms with Crippen LogP contribution in [0.4, 0.5) is 4.39 Å². The summed E-state index contributed by atoms with van der Waals surface area (Å²) in [7, 11) is 0. The number of amides is 1. The highest BCUT2D eigenvalue weighted by Crippen LogP contribution is 2.39. The highest BCUT2D eigenvalue weighted by Gasteiger charge is 2.43. The number of benzene rings is 2. The second-order valence-electron chi connectivity index (χ2n) is 12.2. The van der Waals surface area contributed by atoms with Crippen LogP contribution in [-0.2, 0) is 4.79 Å². The number of carbonyl (C=O) groups excluding carboxylic acids is 1. The molecule has 3 atom stereocenters. The lowest BCUT2D eigenvalue weighted by atomic mass is 9.83. The number of carbonyl (C=O) groups is 2. The fraction of sp³-hybridized carbons (Fsp3) is 0.576. The molecule has 5 rings (SSSR count). The lowest BCUT2D eigenvalue weighted by Crippen LogP contribution is -2.46. The predicted molar refractivity (Wildman–Crippen MR) is 155 cm³/mol. The van der Waals surface area contributed by atoms with Crippen molar-refractivity contribution in [3.8, 4) is 0 Å². The zero-order chi connectivity index (χ0) is 27.9. The van der Waals surface area contributed by atoms with Crippen LogP contribution >= 0.6 is 0 Å². The van der Waals surface area contributed by atoms with E-state index < -0.39 is 12.0 Å². The van der Waals surface area contributed by atoms with E-state index in [1.165, 1.54) is 12.5 Å². The summed E-state index contributed by atoms with van der Waals surface area (Å²) >= 11 is 0. The molecule has 1 saturated carbocycles. The number of hydrogen-bond acceptors (Lipinski definition) is 4. The van der Waals surface area contributed by atoms with Crippen LogP contribution in [0, 0.1) is 23.6 Å². The van der Waals surface area contributed by atoms with Gasteiger partial charge in [-0.25, -0.2) is 4.39 Å². The molecule has 2 aromatic carbocycles. The van der Waals surface area contributed by atoms with Gasteiger partial charge in [-0.1, -0.05) is 49.6 Å². The third-order valence-electron chi connectivity index (χ3n) is 9.56. The second-order valence-corrected chi connectivity index (χ2v) is 12.2. The standard InChI is InChI=1S/C33H44FN3O3/c34-29-13-7-12-27(20-29)30-23-37(31(33(39)40)25-8-3-1-4-9-25)22-28(30)21-36-18-15-24(16-19-36)14-17-35-32(38)26-10-5-2-6-11-26/h2,5-7,10-13,20,24-25,28,30-31H,1,3-4,8-9,14-19,21-23H2,(H,35,38)(H,39,40). The highest BCUT2D eigenvalue weighted by molar-refractivity contribution is 5.94. The monoisotopic (exact) mass is 549 g/mol. The molecule has 6 nitrogen and oxygen atoms in total. The number of rotatable bonds is 10. The van der Waals surface area contributed by atoms with Gasteiger partial charge in [-0.15, -0.1) is 0 Å². The Morgan fingerprint density at radius 2 is 1.70 bits per heavy atom. The van der Waals surface area contributed by atoms with Crippen molar-refractivity contribution in [3.05, 3.63) is 71.5 Å². The summed E-state index contributed by atoms with van der Waals surface area (Å²) in [5, 5.41) is 13.3. The fourth-order valence-corrected chi connectivity index (χ4v) is 7.41. The minimum absolute atomic E-state index is 0.0138. The number of halogens is 1. The van der Waals surface area contributed by atoms with Crippen molar-refractivity contribution >= 4 is 11.9 Å². The molecule has 0 aromatic heterocycles. The highest BCUT2D eigenvalue weighted by atomic mass is 19.1. The largest absolute Gasteiger partial charge is 0.480 e. The van der Waals surface area contributed by atoms with Crippen LogP contribution in [0.25, 0.3) is 0 Å². The van der Waals surface area contributed by atoms with Gasteiger partial charge in [-0.05, 0) is 92.8 Å². The summed E-state index contributed by atoms with van der Waals surface area (Å²) in [6.45, 7) is 5.05. The van der Waals surface area contributed by atoms with Gasteiger partial charge >= 0.3 is 5.97 Å². The number of nitrogens with one attached hydrogen (secondary N) is 1. The molecule has 2 heterocycles. The first-order valence-corrected chi connectivity index (χ1v) is 15.3. The van der Waals surface area contributed by atoms with Crippen LogP contribution in [0.15, 0.2) is 54.6 Å². The maximum atomic E-state index is 14.2. The molecule has 3 aliphatic rings. The molecule has 0 spiro atoms. The predicted octanol–water partition coefficient (Wildman–Crippen LogP) is 5.41. The fourth-order valence-electron chi connectivity index (χ4n) is 7.41. The zero-order valence-corrected chi connectivity index (χ0v) is 23.5. The number of carboxylic acids is 1. The first-order chi connectivity index (χ1) is 19.5. The molecule has 2 aromatic rings. The molecule has 2 N–H and O–H groups in total. The van der Waals surface area contributed by atoms with Crippen LogP contribution in [0.1, 0.15) is 73.2 Å². The van der Waals surface area contributed by atoms with Crippen molar-refractivity contribution < 1.29 is 19.1 Å². The summed E-state index contributed by atoms with van der Waals surface area (Å²) in [5.41, 5.74) is 1.69. The van der Waals surface area contributed by atoms with Gasteiger partial charge in [-0.2, -0.15) is 0 Å². The third-order valence-corrected chi connectivity index (χ3v) is 9.56. The zero-order valence-electron chi connectivity index (χ0n) is 23.5. The van der Waals surface area contributed by atoms with Crippen LogP contribution in [0.2, 0.25) is 0 Å². The minimum atomic E-state index is -0.703. The first kappa shape index (κ1) is 28.7. The Morgan fingerprint density at radius 3 is 2.40 bits per heavy atom. The molecule has 2 saturated heterocycles. The summed E-state index contributed by atoms with van der Waals surface area (Å²) < 4.78 is 14.2. The van der Waals surface area contributed by atoms with E-state index in [4.69, 9.17) is 0 Å². The second kappa shape index (κ2) is 13.7. The van der Waals surface area contributed by atoms with Gasteiger partial charge in [0.05, 0.1) is 0 Å². The Balaban J connectivity index is 1.17. The molecule has 3 unspecified atom stereocenters. The smallest absolute Gasteiger partial charge is 0.321 e. The first-order valence-electron chi connectivity index (χ1n) is 15.3. The van der Waals surface area contributed by atoms with Crippen molar-refractivity contribution in [3.63, 3.8) is 0 Å². The lowest BCUT2D eigenvalue weighted by Gasteiger charge is -2.35. The van der Waals surface area contributed by atoms with Gasteiger partial charge < -0.3 is 15.3 Å². The molecular weight excluding hydrogens is 505 g/mol. The summed E-state index contributed by atoms with van der Waals surface area (Å²) in [6, 6.07) is 15.8. The van der Waals surface area contributed by atoms with Gasteiger partial charge in [0.25, 0.3) is 5.91 Å². The molecule has 2 aliphatic heterocycles. The van der Waals surface area contributed by atoms with Gasteiger partial charge in [0.2, 0.25) is 0 Å². The van der Waals surface area contributed by atoms with E-state index in [0.29, 0.717) is 24.6 Å². The lowest BCUT2D eigenvalue weighted by molar-refractivity contribution is -0.145. The summed E-state index contributed by atoms with van der Waals surface area (Å²) in [5.74, 6) is 0.258. The molecular formula is C33H44FN3O3. The molecule has 0 bridgehead atoms. The molecule has 7 heteroatoms. The van der Waals surface area contributed by atoms with E-state index in [9.17, 15) is 19.1 Å². The number of hydrogen-bond donors (Lipinski definition) is 2. The number of piperidine rings is 1. The van der Waals surface area contributed by atoms with Gasteiger partial charge in [-0.3, -0.25) is 14.5 Å². The Morgan fingerprint density at radius 1 is 0.950 bits per heavy atom. The summed E-state index contributed by atoms with van der Waals surface area (Å²) in [4.78, 5) is 29.6. The molecule has 40 heavy (non-hydrogen) atoms. The van der Waals surface area contributed by atoms with Crippen molar-refractivity contribution in [2.24, 2.45) is 17.8 Å². The average molecular weight is 550 g/mol. The molecule has 0 radical (unpaired) electrons. The number of aliphatic carboxylic acids is 1. The quantitative estimate of drug-likeness (QED) is 0.415. The normalized spacial score (nSPS) is 24.1. The average Bonchev–Trinajstić information content (AvgIpc) is 3.37. The molecule has 1 aliphatic carbocycles. The van der Waals surface area contributed by atoms with Crippen molar-refractivity contribution in [2.45, 2.75) is 63.3 Å². The number of likely N-dealkylation sites (tertiary alicyclic amines) is 2. The van der Waals surface area contributed by atoms with Gasteiger partial charge in [0.15, 0.2) is 0 Å². The molecule has 3 fully saturated rings. The van der Waals surface area contributed by atoms with E-state index in [1.54, 1.807) is 12.1 Å². The van der Waals surface area contributed by atoms with E-state index in [1.807, 2.05) is 36.4 Å². The van der Waals surface area contributed by atoms with E-state index in [0.717, 1.165) is 76.7 Å². The van der Waals surface area contributed by atoms with E-state index >= 15 is 0 Å². The Labute approximate surface area is 237 Å². The van der Waals surface area contributed by atoms with E-state index in [2.05, 4.69) is 15.1 Å².